The van der Waals surface area contributed by atoms with E-state index < -0.39 is 27.8 Å². The van der Waals surface area contributed by atoms with E-state index in [4.69, 9.17) is 5.26 Å². The molecule has 0 bridgehead atoms. The summed E-state index contributed by atoms with van der Waals surface area (Å²) in [7, 11) is -3.97. The molecule has 18 heavy (non-hydrogen) atoms. The van der Waals surface area contributed by atoms with Crippen LogP contribution in [-0.4, -0.2) is 14.5 Å². The van der Waals surface area contributed by atoms with Gasteiger partial charge in [0.1, 0.15) is 6.04 Å². The van der Waals surface area contributed by atoms with Gasteiger partial charge in [0.2, 0.25) is 10.0 Å². The Morgan fingerprint density at radius 3 is 2.17 bits per heavy atom. The fraction of sp³-hybridized carbons (Fsp3) is 0.300. The molecule has 0 saturated heterocycles. The van der Waals surface area contributed by atoms with Crippen LogP contribution in [0.25, 0.3) is 0 Å². The number of hydrogen-bond donors (Lipinski definition) is 1. The van der Waals surface area contributed by atoms with Gasteiger partial charge in [0, 0.05) is 0 Å². The maximum Gasteiger partial charge on any atom is 0.416 e. The molecule has 0 fully saturated rings. The first-order chi connectivity index (χ1) is 8.16. The maximum atomic E-state index is 12.3. The molecule has 4 nitrogen and oxygen atoms in total. The van der Waals surface area contributed by atoms with Crippen LogP contribution in [0.15, 0.2) is 29.2 Å². The van der Waals surface area contributed by atoms with Crippen molar-refractivity contribution in [3.8, 4) is 6.07 Å². The summed E-state index contributed by atoms with van der Waals surface area (Å²) in [4.78, 5) is -0.322. The van der Waals surface area contributed by atoms with E-state index >= 15 is 0 Å². The molecule has 1 aromatic rings. The number of hydrogen-bond acceptors (Lipinski definition) is 3. The summed E-state index contributed by atoms with van der Waals surface area (Å²) >= 11 is 0. The highest BCUT2D eigenvalue weighted by atomic mass is 32.2. The van der Waals surface area contributed by atoms with Crippen LogP contribution in [0.4, 0.5) is 13.2 Å². The minimum atomic E-state index is -4.52. The predicted molar refractivity (Wildman–Crippen MR) is 56.8 cm³/mol. The van der Waals surface area contributed by atoms with E-state index in [1.54, 1.807) is 6.07 Å². The molecule has 0 aliphatic heterocycles. The smallest absolute Gasteiger partial charge is 0.207 e. The van der Waals surface area contributed by atoms with Gasteiger partial charge < -0.3 is 0 Å². The molecular formula is C10H9F3N2O2S. The molecule has 1 rings (SSSR count). The van der Waals surface area contributed by atoms with Gasteiger partial charge in [-0.1, -0.05) is 0 Å². The molecule has 0 amide bonds. The summed E-state index contributed by atoms with van der Waals surface area (Å²) in [6.07, 6.45) is -4.52. The van der Waals surface area contributed by atoms with E-state index in [0.29, 0.717) is 12.1 Å². The summed E-state index contributed by atoms with van der Waals surface area (Å²) in [5, 5.41) is 8.47. The first-order valence-electron chi connectivity index (χ1n) is 4.76. The van der Waals surface area contributed by atoms with E-state index in [2.05, 4.69) is 0 Å². The molecule has 0 aromatic heterocycles. The summed E-state index contributed by atoms with van der Waals surface area (Å²) < 4.78 is 62.1. The lowest BCUT2D eigenvalue weighted by atomic mass is 10.2. The third-order valence-electron chi connectivity index (χ3n) is 2.02. The summed E-state index contributed by atoms with van der Waals surface area (Å²) in [6, 6.07) is 3.72. The van der Waals surface area contributed by atoms with Gasteiger partial charge in [-0.15, -0.1) is 0 Å². The van der Waals surface area contributed by atoms with Gasteiger partial charge in [-0.05, 0) is 31.2 Å². The lowest BCUT2D eigenvalue weighted by molar-refractivity contribution is -0.137. The molecule has 0 aliphatic carbocycles. The number of sulfonamides is 1. The Bertz CT molecular complexity index is 558. The van der Waals surface area contributed by atoms with Crippen LogP contribution in [0.2, 0.25) is 0 Å². The molecule has 0 saturated carbocycles. The number of nitrogens with zero attached hydrogens (tertiary/aromatic N) is 1. The Morgan fingerprint density at radius 2 is 1.78 bits per heavy atom. The first-order valence-corrected chi connectivity index (χ1v) is 6.24. The van der Waals surface area contributed by atoms with Crippen molar-refractivity contribution >= 4 is 10.0 Å². The van der Waals surface area contributed by atoms with Gasteiger partial charge in [-0.25, -0.2) is 8.42 Å². The van der Waals surface area contributed by atoms with Crippen molar-refractivity contribution in [3.63, 3.8) is 0 Å². The third kappa shape index (κ3) is 3.45. The normalized spacial score (nSPS) is 13.9. The standard InChI is InChI=1S/C10H9F3N2O2S/c1-7(6-14)15-18(16,17)9-4-2-8(3-5-9)10(11,12)13/h2-5,7,15H,1H3/t7-/m0/s1. The fourth-order valence-corrected chi connectivity index (χ4v) is 2.30. The third-order valence-corrected chi connectivity index (χ3v) is 3.57. The molecule has 0 radical (unpaired) electrons. The van der Waals surface area contributed by atoms with E-state index in [9.17, 15) is 21.6 Å². The average molecular weight is 278 g/mol. The Morgan fingerprint density at radius 1 is 1.28 bits per heavy atom. The monoisotopic (exact) mass is 278 g/mol. The number of alkyl halides is 3. The molecule has 8 heteroatoms. The number of halogens is 3. The van der Waals surface area contributed by atoms with E-state index in [-0.39, 0.29) is 4.90 Å². The van der Waals surface area contributed by atoms with E-state index in [1.807, 2.05) is 4.72 Å². The first kappa shape index (κ1) is 14.5. The zero-order valence-corrected chi connectivity index (χ0v) is 10.0. The van der Waals surface area contributed by atoms with Crippen molar-refractivity contribution in [2.75, 3.05) is 0 Å². The summed E-state index contributed by atoms with van der Waals surface area (Å²) in [5.74, 6) is 0. The van der Waals surface area contributed by atoms with Crippen LogP contribution in [-0.2, 0) is 16.2 Å². The molecule has 0 heterocycles. The molecule has 98 valence electrons. The highest BCUT2D eigenvalue weighted by molar-refractivity contribution is 7.89. The second-order valence-electron chi connectivity index (χ2n) is 3.49. The van der Waals surface area contributed by atoms with Crippen molar-refractivity contribution < 1.29 is 21.6 Å². The molecule has 0 spiro atoms. The Balaban J connectivity index is 3.03. The van der Waals surface area contributed by atoms with Crippen molar-refractivity contribution in [2.45, 2.75) is 24.0 Å². The Labute approximate surface area is 102 Å². The second-order valence-corrected chi connectivity index (χ2v) is 5.21. The maximum absolute atomic E-state index is 12.3. The molecule has 1 N–H and O–H groups in total. The number of nitriles is 1. The fourth-order valence-electron chi connectivity index (χ4n) is 1.15. The molecular weight excluding hydrogens is 269 g/mol. The largest absolute Gasteiger partial charge is 0.416 e. The number of rotatable bonds is 3. The van der Waals surface area contributed by atoms with Crippen LogP contribution in [0.1, 0.15) is 12.5 Å². The lowest BCUT2D eigenvalue weighted by Gasteiger charge is -2.10. The Hall–Kier alpha value is -1.59. The van der Waals surface area contributed by atoms with Crippen molar-refractivity contribution in [1.29, 1.82) is 5.26 Å². The van der Waals surface area contributed by atoms with Crippen molar-refractivity contribution in [3.05, 3.63) is 29.8 Å². The zero-order valence-electron chi connectivity index (χ0n) is 9.19. The Kier molecular flexibility index (Phi) is 3.98. The zero-order chi connectivity index (χ0) is 14.0. The quantitative estimate of drug-likeness (QED) is 0.918. The summed E-state index contributed by atoms with van der Waals surface area (Å²) in [6.45, 7) is 1.32. The van der Waals surface area contributed by atoms with Crippen LogP contribution in [0, 0.1) is 11.3 Å². The highest BCUT2D eigenvalue weighted by Gasteiger charge is 2.30. The second kappa shape index (κ2) is 4.96. The van der Waals surface area contributed by atoms with Crippen LogP contribution in [0.5, 0.6) is 0 Å². The van der Waals surface area contributed by atoms with Crippen LogP contribution >= 0.6 is 0 Å². The van der Waals surface area contributed by atoms with Gasteiger partial charge >= 0.3 is 6.18 Å². The molecule has 0 unspecified atom stereocenters. The highest BCUT2D eigenvalue weighted by Crippen LogP contribution is 2.29. The van der Waals surface area contributed by atoms with Gasteiger partial charge in [-0.3, -0.25) is 0 Å². The minimum absolute atomic E-state index is 0.322. The van der Waals surface area contributed by atoms with Crippen LogP contribution < -0.4 is 4.72 Å². The van der Waals surface area contributed by atoms with E-state index in [0.717, 1.165) is 12.1 Å². The molecule has 1 aromatic carbocycles. The van der Waals surface area contributed by atoms with Crippen molar-refractivity contribution in [1.82, 2.24) is 4.72 Å². The van der Waals surface area contributed by atoms with Crippen molar-refractivity contribution in [2.24, 2.45) is 0 Å². The lowest BCUT2D eigenvalue weighted by Crippen LogP contribution is -2.31. The average Bonchev–Trinajstić information content (AvgIpc) is 2.27. The minimum Gasteiger partial charge on any atom is -0.207 e. The predicted octanol–water partition coefficient (Wildman–Crippen LogP) is 1.90. The van der Waals surface area contributed by atoms with Gasteiger partial charge in [-0.2, -0.15) is 23.2 Å². The van der Waals surface area contributed by atoms with Crippen LogP contribution in [0.3, 0.4) is 0 Å². The van der Waals surface area contributed by atoms with Gasteiger partial charge in [0.25, 0.3) is 0 Å². The number of benzene rings is 1. The SMILES string of the molecule is C[C@@H](C#N)NS(=O)(=O)c1ccc(C(F)(F)F)cc1. The molecule has 1 atom stereocenters. The van der Waals surface area contributed by atoms with Gasteiger partial charge in [0.15, 0.2) is 0 Å². The topological polar surface area (TPSA) is 70.0 Å². The van der Waals surface area contributed by atoms with E-state index in [1.165, 1.54) is 6.92 Å². The molecule has 0 aliphatic rings. The number of nitrogens with one attached hydrogen (secondary N) is 1. The van der Waals surface area contributed by atoms with Gasteiger partial charge in [0.05, 0.1) is 16.5 Å². The summed E-state index contributed by atoms with van der Waals surface area (Å²) in [5.41, 5.74) is -0.935.